The summed E-state index contributed by atoms with van der Waals surface area (Å²) in [5.74, 6) is 0. The Morgan fingerprint density at radius 1 is 0.122 bits per heavy atom. The number of hydrogen-bond acceptors (Lipinski definition) is 2. The molecule has 0 bridgehead atoms. The summed E-state index contributed by atoms with van der Waals surface area (Å²) in [4.78, 5) is 4.68. The van der Waals surface area contributed by atoms with Crippen molar-refractivity contribution in [2.75, 3.05) is 9.80 Å². The summed E-state index contributed by atoms with van der Waals surface area (Å²) in [6.07, 6.45) is 0. The highest BCUT2D eigenvalue weighted by molar-refractivity contribution is 5.87. The molecule has 0 aliphatic carbocycles. The monoisotopic (exact) mass is 944 g/mol. The van der Waals surface area contributed by atoms with Gasteiger partial charge in [0.2, 0.25) is 0 Å². The molecule has 0 N–H and O–H groups in total. The van der Waals surface area contributed by atoms with Crippen molar-refractivity contribution in [2.45, 2.75) is 0 Å². The van der Waals surface area contributed by atoms with Gasteiger partial charge in [0.25, 0.3) is 0 Å². The molecule has 2 nitrogen and oxygen atoms in total. The first-order valence-corrected chi connectivity index (χ1v) is 25.3. The van der Waals surface area contributed by atoms with E-state index in [1.165, 1.54) is 33.4 Å². The van der Waals surface area contributed by atoms with E-state index in [-0.39, 0.29) is 0 Å². The van der Waals surface area contributed by atoms with Crippen molar-refractivity contribution in [3.8, 4) is 77.9 Å². The van der Waals surface area contributed by atoms with Crippen LogP contribution in [0.4, 0.5) is 34.1 Å². The van der Waals surface area contributed by atoms with Gasteiger partial charge >= 0.3 is 0 Å². The van der Waals surface area contributed by atoms with E-state index in [2.05, 4.69) is 325 Å². The van der Waals surface area contributed by atoms with E-state index in [1.54, 1.807) is 0 Å². The van der Waals surface area contributed by atoms with Crippen LogP contribution in [0, 0.1) is 0 Å². The molecule has 0 unspecified atom stereocenters. The zero-order valence-electron chi connectivity index (χ0n) is 40.9. The number of anilines is 6. The normalized spacial score (nSPS) is 11.0. The summed E-state index contributed by atoms with van der Waals surface area (Å²) >= 11 is 0. The van der Waals surface area contributed by atoms with Crippen molar-refractivity contribution < 1.29 is 0 Å². The Morgan fingerprint density at radius 3 is 0.676 bits per heavy atom. The molecule has 0 amide bonds. The maximum atomic E-state index is 2.35. The molecule has 12 aromatic carbocycles. The fourth-order valence-corrected chi connectivity index (χ4v) is 10.1. The quantitative estimate of drug-likeness (QED) is 0.114. The minimum absolute atomic E-state index is 1.09. The van der Waals surface area contributed by atoms with Gasteiger partial charge in [-0.15, -0.1) is 0 Å². The van der Waals surface area contributed by atoms with Crippen LogP contribution in [0.5, 0.6) is 0 Å². The van der Waals surface area contributed by atoms with Crippen LogP contribution in [0.15, 0.2) is 315 Å². The van der Waals surface area contributed by atoms with Gasteiger partial charge in [0.15, 0.2) is 0 Å². The summed E-state index contributed by atoms with van der Waals surface area (Å²) in [5, 5.41) is 0. The molecule has 74 heavy (non-hydrogen) atoms. The molecule has 0 saturated carbocycles. The Labute approximate surface area is 435 Å². The molecule has 0 aliphatic rings. The smallest absolute Gasteiger partial charge is 0.0467 e. The molecular formula is C72H52N2. The lowest BCUT2D eigenvalue weighted by molar-refractivity contribution is 1.28. The minimum Gasteiger partial charge on any atom is -0.310 e. The standard InChI is InChI=1S/C72H52N2/c1-6-20-53(21-7-1)56-38-42-69(43-39-56)73(67-32-12-4-13-33-67)71-36-18-30-62(51-71)58-26-16-28-60(46-58)65-48-64(55-24-10-3-11-25-55)49-66(50-65)61-29-17-27-59(47-61)63-31-19-37-72(52-63)74(68-34-14-5-15-35-68)70-44-40-57(41-45-70)54-22-8-2-9-23-54/h1-52H. The predicted octanol–water partition coefficient (Wildman–Crippen LogP) is 20.3. The van der Waals surface area contributed by atoms with Crippen LogP contribution in [0.2, 0.25) is 0 Å². The second kappa shape index (κ2) is 20.9. The number of hydrogen-bond donors (Lipinski definition) is 0. The largest absolute Gasteiger partial charge is 0.310 e. The van der Waals surface area contributed by atoms with Gasteiger partial charge in [-0.05, 0) is 181 Å². The number of rotatable bonds is 13. The van der Waals surface area contributed by atoms with E-state index in [0.29, 0.717) is 0 Å². The molecule has 0 aromatic heterocycles. The molecule has 2 heteroatoms. The minimum atomic E-state index is 1.09. The van der Waals surface area contributed by atoms with Gasteiger partial charge in [-0.1, -0.05) is 212 Å². The summed E-state index contributed by atoms with van der Waals surface area (Å²) in [6, 6.07) is 114. The van der Waals surface area contributed by atoms with Crippen LogP contribution >= 0.6 is 0 Å². The molecule has 0 aliphatic heterocycles. The maximum absolute atomic E-state index is 2.35. The average Bonchev–Trinajstić information content (AvgIpc) is 3.49. The summed E-state index contributed by atoms with van der Waals surface area (Å²) < 4.78 is 0. The van der Waals surface area contributed by atoms with Gasteiger partial charge in [-0.25, -0.2) is 0 Å². The second-order valence-corrected chi connectivity index (χ2v) is 18.6. The van der Waals surface area contributed by atoms with E-state index in [9.17, 15) is 0 Å². The van der Waals surface area contributed by atoms with E-state index in [1.807, 2.05) is 0 Å². The third kappa shape index (κ3) is 9.81. The lowest BCUT2D eigenvalue weighted by Crippen LogP contribution is -2.09. The molecule has 350 valence electrons. The van der Waals surface area contributed by atoms with Crippen LogP contribution < -0.4 is 9.80 Å². The molecule has 0 fully saturated rings. The van der Waals surface area contributed by atoms with Crippen molar-refractivity contribution >= 4 is 34.1 Å². The molecule has 0 radical (unpaired) electrons. The lowest BCUT2D eigenvalue weighted by Gasteiger charge is -2.26. The van der Waals surface area contributed by atoms with Crippen LogP contribution in [0.25, 0.3) is 77.9 Å². The first kappa shape index (κ1) is 45.4. The third-order valence-corrected chi connectivity index (χ3v) is 13.8. The van der Waals surface area contributed by atoms with Gasteiger partial charge in [0.1, 0.15) is 0 Å². The van der Waals surface area contributed by atoms with Gasteiger partial charge < -0.3 is 9.80 Å². The highest BCUT2D eigenvalue weighted by Gasteiger charge is 2.17. The van der Waals surface area contributed by atoms with Crippen molar-refractivity contribution in [3.63, 3.8) is 0 Å². The number of nitrogens with zero attached hydrogens (tertiary/aromatic N) is 2. The highest BCUT2D eigenvalue weighted by Crippen LogP contribution is 2.41. The Bertz CT molecular complexity index is 3570. The molecule has 12 aromatic rings. The topological polar surface area (TPSA) is 6.48 Å². The molecule has 0 atom stereocenters. The molecule has 12 rings (SSSR count). The molecule has 0 saturated heterocycles. The Balaban J connectivity index is 0.887. The summed E-state index contributed by atoms with van der Waals surface area (Å²) in [7, 11) is 0. The van der Waals surface area contributed by atoms with Crippen molar-refractivity contribution in [1.29, 1.82) is 0 Å². The summed E-state index contributed by atoms with van der Waals surface area (Å²) in [5.41, 5.74) is 23.0. The van der Waals surface area contributed by atoms with Gasteiger partial charge in [-0.2, -0.15) is 0 Å². The average molecular weight is 945 g/mol. The molecular weight excluding hydrogens is 893 g/mol. The van der Waals surface area contributed by atoms with Gasteiger partial charge in [0.05, 0.1) is 0 Å². The first-order valence-electron chi connectivity index (χ1n) is 25.3. The van der Waals surface area contributed by atoms with Gasteiger partial charge in [0, 0.05) is 34.1 Å². The Kier molecular flexibility index (Phi) is 12.8. The van der Waals surface area contributed by atoms with Gasteiger partial charge in [-0.3, -0.25) is 0 Å². The number of para-hydroxylation sites is 2. The zero-order chi connectivity index (χ0) is 49.5. The van der Waals surface area contributed by atoms with Crippen LogP contribution in [-0.4, -0.2) is 0 Å². The molecule has 0 spiro atoms. The van der Waals surface area contributed by atoms with Crippen LogP contribution in [0.1, 0.15) is 0 Å². The van der Waals surface area contributed by atoms with Crippen LogP contribution in [-0.2, 0) is 0 Å². The van der Waals surface area contributed by atoms with E-state index >= 15 is 0 Å². The lowest BCUT2D eigenvalue weighted by atomic mass is 9.91. The maximum Gasteiger partial charge on any atom is 0.0467 e. The van der Waals surface area contributed by atoms with Crippen molar-refractivity contribution in [3.05, 3.63) is 315 Å². The zero-order valence-corrected chi connectivity index (χ0v) is 40.9. The second-order valence-electron chi connectivity index (χ2n) is 18.6. The Hall–Kier alpha value is -9.76. The summed E-state index contributed by atoms with van der Waals surface area (Å²) in [6.45, 7) is 0. The predicted molar refractivity (Wildman–Crippen MR) is 314 cm³/mol. The van der Waals surface area contributed by atoms with E-state index in [4.69, 9.17) is 0 Å². The van der Waals surface area contributed by atoms with Crippen molar-refractivity contribution in [2.24, 2.45) is 0 Å². The van der Waals surface area contributed by atoms with Crippen molar-refractivity contribution in [1.82, 2.24) is 0 Å². The number of benzene rings is 12. The highest BCUT2D eigenvalue weighted by atomic mass is 15.1. The molecule has 0 heterocycles. The fourth-order valence-electron chi connectivity index (χ4n) is 10.1. The Morgan fingerprint density at radius 2 is 0.324 bits per heavy atom. The first-order chi connectivity index (χ1) is 36.7. The SMILES string of the molecule is c1ccc(-c2ccc(N(c3ccccc3)c3cccc(-c4cccc(-c5cc(-c6ccccc6)cc(-c6cccc(-c7cccc(N(c8ccccc8)c8ccc(-c9ccccc9)cc8)c7)c6)c5)c4)c3)cc2)cc1. The van der Waals surface area contributed by atoms with E-state index in [0.717, 1.165) is 78.6 Å². The van der Waals surface area contributed by atoms with Crippen LogP contribution in [0.3, 0.4) is 0 Å². The van der Waals surface area contributed by atoms with E-state index < -0.39 is 0 Å². The fraction of sp³-hybridized carbons (Fsp3) is 0. The third-order valence-electron chi connectivity index (χ3n) is 13.8.